The number of thiol groups is 1. The summed E-state index contributed by atoms with van der Waals surface area (Å²) in [5.41, 5.74) is 4.53. The summed E-state index contributed by atoms with van der Waals surface area (Å²) in [6.45, 7) is 8.86. The van der Waals surface area contributed by atoms with Gasteiger partial charge in [0.25, 0.3) is 20.2 Å². The molecule has 0 fully saturated rings. The Bertz CT molecular complexity index is 2280. The highest BCUT2D eigenvalue weighted by atomic mass is 32.2. The maximum Gasteiger partial charge on any atom is 0.303 e. The first kappa shape index (κ1) is 41.5. The van der Waals surface area contributed by atoms with Crippen LogP contribution in [0.1, 0.15) is 90.2 Å². The number of carbonyl (C=O) groups is 2. The molecule has 54 heavy (non-hydrogen) atoms. The van der Waals surface area contributed by atoms with Crippen LogP contribution in [0, 0.1) is 0 Å². The summed E-state index contributed by atoms with van der Waals surface area (Å²) >= 11 is 10.9. The number of thiocarbonyl (C=S) groups is 1. The maximum absolute atomic E-state index is 12.1. The highest BCUT2D eigenvalue weighted by Crippen LogP contribution is 2.51. The van der Waals surface area contributed by atoms with Crippen molar-refractivity contribution in [1.82, 2.24) is 0 Å². The molecule has 0 saturated heterocycles. The quantitative estimate of drug-likeness (QED) is 0.0291. The van der Waals surface area contributed by atoms with E-state index in [0.29, 0.717) is 83.7 Å². The molecule has 4 N–H and O–H groups in total. The maximum atomic E-state index is 12.1. The van der Waals surface area contributed by atoms with E-state index in [1.54, 1.807) is 12.1 Å². The van der Waals surface area contributed by atoms with Gasteiger partial charge >= 0.3 is 11.9 Å². The fraction of sp³-hybridized carbons (Fsp3) is 0.421. The predicted octanol–water partition coefficient (Wildman–Crippen LogP) is 7.02. The van der Waals surface area contributed by atoms with Crippen molar-refractivity contribution in [2.75, 3.05) is 18.0 Å². The number of benzene rings is 2. The van der Waals surface area contributed by atoms with Crippen LogP contribution in [-0.2, 0) is 40.7 Å². The van der Waals surface area contributed by atoms with E-state index in [0.717, 1.165) is 22.8 Å². The number of nitrogens with zero attached hydrogens (tertiary/aromatic N) is 2. The molecule has 0 unspecified atom stereocenters. The van der Waals surface area contributed by atoms with Gasteiger partial charge in [-0.25, -0.2) is 0 Å². The van der Waals surface area contributed by atoms with Crippen molar-refractivity contribution in [2.24, 2.45) is 0 Å². The van der Waals surface area contributed by atoms with Gasteiger partial charge in [-0.05, 0) is 81.5 Å². The molecule has 0 radical (unpaired) electrons. The standard InChI is InChI=1S/C38H44N2O10S4/c1-37(2)27-19-23(53(45,46)47)13-15-29(27)39(17-9-5-7-11-33(41)42)31(37)21-25-35(51)26(36(25)52)22-32-38(3,4)28-20-24(54(48,49)50)14-16-30(28)40(32)18-10-6-8-12-34(43)44/h13-16,19-22H,5-12,17-18H2,1-4H3,(H4-,41,42,43,44,45,46,47,48,49,50,51,52)/p+1. The Kier molecular flexibility index (Phi) is 11.9. The van der Waals surface area contributed by atoms with Crippen LogP contribution in [0.15, 0.2) is 80.1 Å². The molecular weight excluding hydrogens is 773 g/mol. The van der Waals surface area contributed by atoms with Crippen LogP contribution in [0.4, 0.5) is 11.4 Å². The molecule has 290 valence electrons. The molecule has 0 saturated carbocycles. The molecule has 2 aromatic carbocycles. The van der Waals surface area contributed by atoms with Crippen LogP contribution < -0.4 is 4.90 Å². The summed E-state index contributed by atoms with van der Waals surface area (Å²) in [5, 5.41) is 18.2. The van der Waals surface area contributed by atoms with Crippen LogP contribution in [0.3, 0.4) is 0 Å². The zero-order chi connectivity index (χ0) is 40.0. The number of allylic oxidation sites excluding steroid dienone is 5. The summed E-state index contributed by atoms with van der Waals surface area (Å²) < 4.78 is 70.1. The first-order valence-electron chi connectivity index (χ1n) is 17.6. The van der Waals surface area contributed by atoms with Crippen LogP contribution in [0.25, 0.3) is 0 Å². The van der Waals surface area contributed by atoms with Gasteiger partial charge in [-0.1, -0.05) is 32.5 Å². The Balaban J connectivity index is 1.55. The minimum atomic E-state index is -4.47. The lowest BCUT2D eigenvalue weighted by Crippen LogP contribution is -2.31. The van der Waals surface area contributed by atoms with E-state index in [2.05, 4.69) is 9.48 Å². The third-order valence-corrected chi connectivity index (χ3v) is 13.0. The molecule has 0 aromatic heterocycles. The second kappa shape index (κ2) is 15.5. The third kappa shape index (κ3) is 8.28. The lowest BCUT2D eigenvalue weighted by molar-refractivity contribution is -0.438. The second-order valence-electron chi connectivity index (χ2n) is 14.8. The third-order valence-electron chi connectivity index (χ3n) is 10.4. The number of hydrogen-bond donors (Lipinski definition) is 5. The van der Waals surface area contributed by atoms with Crippen LogP contribution in [-0.4, -0.2) is 76.3 Å². The van der Waals surface area contributed by atoms with Crippen LogP contribution in [0.5, 0.6) is 0 Å². The molecule has 0 atom stereocenters. The van der Waals surface area contributed by atoms with Crippen molar-refractivity contribution in [3.63, 3.8) is 0 Å². The summed E-state index contributed by atoms with van der Waals surface area (Å²) in [7, 11) is -8.93. The molecule has 0 bridgehead atoms. The average Bonchev–Trinajstić information content (AvgIpc) is 3.41. The topological polar surface area (TPSA) is 190 Å². The summed E-state index contributed by atoms with van der Waals surface area (Å²) in [4.78, 5) is 24.9. The monoisotopic (exact) mass is 817 g/mol. The second-order valence-corrected chi connectivity index (χ2v) is 18.5. The molecule has 2 heterocycles. The predicted molar refractivity (Wildman–Crippen MR) is 213 cm³/mol. The van der Waals surface area contributed by atoms with E-state index in [-0.39, 0.29) is 22.6 Å². The van der Waals surface area contributed by atoms with Gasteiger partial charge in [0.2, 0.25) is 5.69 Å². The van der Waals surface area contributed by atoms with Gasteiger partial charge in [0.05, 0.1) is 20.1 Å². The van der Waals surface area contributed by atoms with E-state index in [1.165, 1.54) is 24.3 Å². The van der Waals surface area contributed by atoms with Crippen molar-refractivity contribution in [3.8, 4) is 0 Å². The molecule has 5 rings (SSSR count). The molecule has 3 aliphatic rings. The largest absolute Gasteiger partial charge is 0.481 e. The zero-order valence-corrected chi connectivity index (χ0v) is 33.8. The van der Waals surface area contributed by atoms with E-state index in [1.807, 2.05) is 39.8 Å². The minimum absolute atomic E-state index is 0.0620. The fourth-order valence-corrected chi connectivity index (χ4v) is 9.30. The van der Waals surface area contributed by atoms with Gasteiger partial charge < -0.3 is 15.1 Å². The van der Waals surface area contributed by atoms with Crippen molar-refractivity contribution < 1.29 is 50.3 Å². The Hall–Kier alpha value is -3.67. The number of hydrogen-bond acceptors (Lipinski definition) is 9. The normalized spacial score (nSPS) is 19.1. The minimum Gasteiger partial charge on any atom is -0.481 e. The summed E-state index contributed by atoms with van der Waals surface area (Å²) in [6.07, 6.45) is 7.72. The molecule has 2 aromatic rings. The number of fused-ring (bicyclic) bond motifs is 2. The van der Waals surface area contributed by atoms with Gasteiger partial charge in [-0.2, -0.15) is 21.4 Å². The van der Waals surface area contributed by atoms with E-state index >= 15 is 0 Å². The Morgan fingerprint density at radius 3 is 1.91 bits per heavy atom. The van der Waals surface area contributed by atoms with Crippen LogP contribution >= 0.6 is 24.8 Å². The molecule has 16 heteroatoms. The molecule has 12 nitrogen and oxygen atoms in total. The van der Waals surface area contributed by atoms with Gasteiger partial charge in [0, 0.05) is 76.4 Å². The number of carboxylic acid groups (broad SMARTS) is 2. The Morgan fingerprint density at radius 2 is 1.35 bits per heavy atom. The lowest BCUT2D eigenvalue weighted by atomic mass is 9.78. The molecule has 0 spiro atoms. The number of rotatable bonds is 16. The SMILES string of the molecule is CC1(C)C(/C=C2\C(=S)C(/C=C3/N(CCCCCC(=O)O)c4ccc(S(=O)(=O)O)cc4C3(C)C)=C2S)=[N+](CCCCCC(=O)O)c2ccc(S(=O)(=O)O)cc21. The average molecular weight is 818 g/mol. The molecule has 0 amide bonds. The lowest BCUT2D eigenvalue weighted by Gasteiger charge is -2.31. The fourth-order valence-electron chi connectivity index (χ4n) is 7.46. The van der Waals surface area contributed by atoms with Gasteiger partial charge in [-0.15, -0.1) is 12.6 Å². The Labute approximate surface area is 326 Å². The highest BCUT2D eigenvalue weighted by Gasteiger charge is 2.47. The summed E-state index contributed by atoms with van der Waals surface area (Å²) in [5.74, 6) is -1.72. The van der Waals surface area contributed by atoms with Crippen molar-refractivity contribution in [2.45, 2.75) is 99.7 Å². The highest BCUT2D eigenvalue weighted by molar-refractivity contribution is 7.87. The van der Waals surface area contributed by atoms with Crippen molar-refractivity contribution >= 4 is 79.0 Å². The smallest absolute Gasteiger partial charge is 0.303 e. The molecule has 1 aliphatic carbocycles. The molecular formula is C38H45N2O10S4+. The van der Waals surface area contributed by atoms with E-state index in [4.69, 9.17) is 35.1 Å². The van der Waals surface area contributed by atoms with Gasteiger partial charge in [-0.3, -0.25) is 18.7 Å². The van der Waals surface area contributed by atoms with E-state index in [9.17, 15) is 35.5 Å². The van der Waals surface area contributed by atoms with Gasteiger partial charge in [0.15, 0.2) is 5.71 Å². The first-order valence-corrected chi connectivity index (χ1v) is 21.3. The first-order chi connectivity index (χ1) is 25.1. The number of anilines is 1. The van der Waals surface area contributed by atoms with Gasteiger partial charge in [0.1, 0.15) is 6.54 Å². The van der Waals surface area contributed by atoms with Crippen LogP contribution in [0.2, 0.25) is 0 Å². The number of carboxylic acids is 2. The summed E-state index contributed by atoms with van der Waals surface area (Å²) in [6, 6.07) is 9.00. The Morgan fingerprint density at radius 1 is 0.796 bits per heavy atom. The number of unbranched alkanes of at least 4 members (excludes halogenated alkanes) is 4. The van der Waals surface area contributed by atoms with Crippen molar-refractivity contribution in [1.29, 1.82) is 0 Å². The van der Waals surface area contributed by atoms with E-state index < -0.39 is 43.0 Å². The molecule has 2 aliphatic heterocycles. The van der Waals surface area contributed by atoms with Crippen molar-refractivity contribution in [3.05, 3.63) is 81.4 Å². The number of aliphatic carboxylic acids is 2. The zero-order valence-electron chi connectivity index (χ0n) is 30.5.